The van der Waals surface area contributed by atoms with Crippen LogP contribution in [0.15, 0.2) is 0 Å². The van der Waals surface area contributed by atoms with Crippen LogP contribution in [0.2, 0.25) is 0 Å². The SMILES string of the molecule is C=S=C(C)[C@H]1O[C@@H](OC2C(O)[C@H](N)CC(N)[C@H]2O[C@H]2OC(CO)[C@@H](O)C(O)C2N)[C@@H](O)C1O. The molecule has 0 aromatic carbocycles. The predicted octanol–water partition coefficient (Wildman–Crippen LogP) is -5.25. The molecule has 3 aliphatic rings. The first-order valence-electron chi connectivity index (χ1n) is 10.7. The predicted molar refractivity (Wildman–Crippen MR) is 118 cm³/mol. The fraction of sp³-hybridized carbons (Fsp3) is 0.895. The van der Waals surface area contributed by atoms with E-state index >= 15 is 0 Å². The van der Waals surface area contributed by atoms with Gasteiger partial charge in [-0.1, -0.05) is 0 Å². The van der Waals surface area contributed by atoms with Crippen molar-refractivity contribution in [3.05, 3.63) is 0 Å². The summed E-state index contributed by atoms with van der Waals surface area (Å²) in [4.78, 5) is 0.613. The maximum absolute atomic E-state index is 10.7. The van der Waals surface area contributed by atoms with Crippen molar-refractivity contribution >= 4 is 21.7 Å². The lowest BCUT2D eigenvalue weighted by Crippen LogP contribution is -2.68. The third kappa shape index (κ3) is 5.34. The zero-order chi connectivity index (χ0) is 24.6. The van der Waals surface area contributed by atoms with E-state index in [1.165, 1.54) is 0 Å². The van der Waals surface area contributed by atoms with Gasteiger partial charge in [0, 0.05) is 16.9 Å². The van der Waals surface area contributed by atoms with E-state index in [0.29, 0.717) is 4.86 Å². The van der Waals surface area contributed by atoms with Gasteiger partial charge in [0.1, 0.15) is 48.8 Å². The van der Waals surface area contributed by atoms with Crippen LogP contribution < -0.4 is 17.2 Å². The van der Waals surface area contributed by atoms with Gasteiger partial charge >= 0.3 is 0 Å². The zero-order valence-electron chi connectivity index (χ0n) is 18.2. The van der Waals surface area contributed by atoms with Crippen molar-refractivity contribution in [2.24, 2.45) is 17.2 Å². The minimum atomic E-state index is -1.46. The topological polar surface area (TPSA) is 236 Å². The van der Waals surface area contributed by atoms with Gasteiger partial charge in [-0.05, 0) is 19.2 Å². The van der Waals surface area contributed by atoms with Gasteiger partial charge in [0.25, 0.3) is 0 Å². The van der Waals surface area contributed by atoms with Gasteiger partial charge in [0.2, 0.25) is 0 Å². The minimum Gasteiger partial charge on any atom is -0.394 e. The van der Waals surface area contributed by atoms with Crippen molar-refractivity contribution in [3.8, 4) is 0 Å². The van der Waals surface area contributed by atoms with E-state index in [1.54, 1.807) is 6.92 Å². The summed E-state index contributed by atoms with van der Waals surface area (Å²) < 4.78 is 22.9. The number of ether oxygens (including phenoxy) is 4. The van der Waals surface area contributed by atoms with Crippen molar-refractivity contribution in [2.45, 2.75) is 99.0 Å². The lowest BCUT2D eigenvalue weighted by Gasteiger charge is -2.47. The van der Waals surface area contributed by atoms with Crippen molar-refractivity contribution in [1.29, 1.82) is 0 Å². The summed E-state index contributed by atoms with van der Waals surface area (Å²) in [6, 6.07) is -2.76. The van der Waals surface area contributed by atoms with Crippen LogP contribution in [0.4, 0.5) is 0 Å². The molecule has 2 saturated heterocycles. The van der Waals surface area contributed by atoms with Crippen LogP contribution in [0.3, 0.4) is 0 Å². The first kappa shape index (κ1) is 27.0. The Balaban J connectivity index is 1.80. The summed E-state index contributed by atoms with van der Waals surface area (Å²) >= 11 is 0. The second-order valence-electron chi connectivity index (χ2n) is 8.70. The van der Waals surface area contributed by atoms with Gasteiger partial charge < -0.3 is 66.8 Å². The Hall–Kier alpha value is -0.560. The van der Waals surface area contributed by atoms with Crippen molar-refractivity contribution < 1.29 is 49.6 Å². The first-order chi connectivity index (χ1) is 15.5. The van der Waals surface area contributed by atoms with Crippen LogP contribution in [0, 0.1) is 0 Å². The third-order valence-corrected chi connectivity index (χ3v) is 7.11. The zero-order valence-corrected chi connectivity index (χ0v) is 19.0. The first-order valence-corrected chi connectivity index (χ1v) is 11.7. The summed E-state index contributed by atoms with van der Waals surface area (Å²) in [7, 11) is 1.11. The van der Waals surface area contributed by atoms with Crippen LogP contribution in [0.1, 0.15) is 13.3 Å². The average molecular weight is 498 g/mol. The van der Waals surface area contributed by atoms with Gasteiger partial charge in [-0.2, -0.15) is 10.9 Å². The Labute approximate surface area is 194 Å². The Kier molecular flexibility index (Phi) is 9.02. The molecular formula is C19H35N3O10S. The monoisotopic (exact) mass is 497 g/mol. The molecule has 0 amide bonds. The molecule has 2 aliphatic heterocycles. The average Bonchev–Trinajstić information content (AvgIpc) is 3.07. The Morgan fingerprint density at radius 1 is 0.879 bits per heavy atom. The molecule has 1 saturated carbocycles. The molecule has 12 N–H and O–H groups in total. The van der Waals surface area contributed by atoms with E-state index < -0.39 is 92.2 Å². The maximum Gasteiger partial charge on any atom is 0.187 e. The molecule has 0 radical (unpaired) electrons. The van der Waals surface area contributed by atoms with Gasteiger partial charge in [-0.3, -0.25) is 0 Å². The van der Waals surface area contributed by atoms with Crippen LogP contribution in [0.5, 0.6) is 0 Å². The number of hydrogen-bond donors (Lipinski definition) is 9. The smallest absolute Gasteiger partial charge is 0.187 e. The van der Waals surface area contributed by atoms with Crippen LogP contribution in [0.25, 0.3) is 0 Å². The highest BCUT2D eigenvalue weighted by atomic mass is 32.1. The lowest BCUT2D eigenvalue weighted by atomic mass is 9.84. The fourth-order valence-corrected chi connectivity index (χ4v) is 4.68. The van der Waals surface area contributed by atoms with E-state index in [1.807, 2.05) is 0 Å². The number of rotatable bonds is 6. The molecule has 3 fully saturated rings. The molecule has 0 aromatic heterocycles. The lowest BCUT2D eigenvalue weighted by molar-refractivity contribution is -0.309. The van der Waals surface area contributed by atoms with E-state index in [4.69, 9.17) is 36.1 Å². The standard InChI is InChI=1S/C19H35N3O10S/c1-5(33-2)15-13(27)14(28)19(30-15)32-17-10(24)6(20)3-7(21)16(17)31-18-9(22)12(26)11(25)8(4-23)29-18/h6-19,23-28H,2-4,20-22H2,1H3/t6-,7?,8?,9?,10?,11-,12?,13?,14+,15-,16-,17?,18-,19+/m1/s1. The molecule has 3 rings (SSSR count). The molecule has 0 bridgehead atoms. The van der Waals surface area contributed by atoms with Gasteiger partial charge in [0.05, 0.1) is 18.8 Å². The molecule has 0 aromatic rings. The van der Waals surface area contributed by atoms with E-state index in [-0.39, 0.29) is 6.42 Å². The second-order valence-corrected chi connectivity index (χ2v) is 9.63. The summed E-state index contributed by atoms with van der Waals surface area (Å²) in [5, 5.41) is 61.1. The molecule has 14 atom stereocenters. The third-order valence-electron chi connectivity index (χ3n) is 6.42. The molecule has 0 spiro atoms. The highest BCUT2D eigenvalue weighted by Crippen LogP contribution is 2.32. The molecule has 33 heavy (non-hydrogen) atoms. The highest BCUT2D eigenvalue weighted by molar-refractivity contribution is 7.96. The van der Waals surface area contributed by atoms with Crippen LogP contribution >= 0.6 is 10.9 Å². The number of aliphatic hydroxyl groups is 6. The second kappa shape index (κ2) is 11.0. The largest absolute Gasteiger partial charge is 0.394 e. The normalized spacial score (nSPS) is 50.8. The summed E-state index contributed by atoms with van der Waals surface area (Å²) in [5.41, 5.74) is 18.2. The minimum absolute atomic E-state index is 0.145. The van der Waals surface area contributed by atoms with Gasteiger partial charge in [-0.15, -0.1) is 0 Å². The fourth-order valence-electron chi connectivity index (χ4n) is 4.32. The molecular weight excluding hydrogens is 462 g/mol. The van der Waals surface area contributed by atoms with E-state index in [0.717, 1.165) is 10.9 Å². The van der Waals surface area contributed by atoms with Gasteiger partial charge in [-0.25, -0.2) is 0 Å². The summed E-state index contributed by atoms with van der Waals surface area (Å²) in [5.74, 6) is 3.66. The van der Waals surface area contributed by atoms with Gasteiger partial charge in [0.15, 0.2) is 12.6 Å². The molecule has 13 nitrogen and oxygen atoms in total. The van der Waals surface area contributed by atoms with Crippen LogP contribution in [-0.2, 0) is 18.9 Å². The van der Waals surface area contributed by atoms with Crippen molar-refractivity contribution in [3.63, 3.8) is 0 Å². The summed E-state index contributed by atoms with van der Waals surface area (Å²) in [6.07, 6.45) is -13.7. The summed E-state index contributed by atoms with van der Waals surface area (Å²) in [6.45, 7) is 1.09. The number of aliphatic hydroxyl groups excluding tert-OH is 6. The Morgan fingerprint density at radius 3 is 2.12 bits per heavy atom. The Morgan fingerprint density at radius 2 is 1.52 bits per heavy atom. The molecule has 1 aliphatic carbocycles. The molecule has 14 heteroatoms. The van der Waals surface area contributed by atoms with E-state index in [2.05, 4.69) is 5.87 Å². The number of hydrogen-bond acceptors (Lipinski definition) is 13. The van der Waals surface area contributed by atoms with E-state index in [9.17, 15) is 30.6 Å². The molecule has 2 heterocycles. The van der Waals surface area contributed by atoms with Crippen molar-refractivity contribution in [2.75, 3.05) is 6.61 Å². The molecule has 192 valence electrons. The maximum atomic E-state index is 10.7. The highest BCUT2D eigenvalue weighted by Gasteiger charge is 2.52. The molecule has 7 unspecified atom stereocenters. The van der Waals surface area contributed by atoms with Crippen molar-refractivity contribution in [1.82, 2.24) is 0 Å². The Bertz CT molecular complexity index is 728. The number of nitrogens with two attached hydrogens (primary N) is 3. The van der Waals surface area contributed by atoms with Crippen LogP contribution in [-0.4, -0.2) is 134 Å². The quantitative estimate of drug-likeness (QED) is 0.156.